The molecule has 2 aromatic carbocycles. The first kappa shape index (κ1) is 14.9. The quantitative estimate of drug-likeness (QED) is 0.864. The van der Waals surface area contributed by atoms with Crippen molar-refractivity contribution >= 4 is 27.7 Å². The minimum absolute atomic E-state index is 0.0362. The zero-order chi connectivity index (χ0) is 14.8. The molecule has 1 aliphatic rings. The van der Waals surface area contributed by atoms with Crippen molar-refractivity contribution in [1.82, 2.24) is 0 Å². The number of benzene rings is 2. The molecule has 0 spiro atoms. The molecule has 0 fully saturated rings. The van der Waals surface area contributed by atoms with Gasteiger partial charge in [0.15, 0.2) is 0 Å². The third kappa shape index (κ3) is 3.44. The number of halogens is 1. The van der Waals surface area contributed by atoms with Crippen molar-refractivity contribution in [3.8, 4) is 5.75 Å². The highest BCUT2D eigenvalue weighted by atomic mass is 79.9. The van der Waals surface area contributed by atoms with Crippen LogP contribution in [-0.2, 0) is 6.42 Å². The molecule has 0 saturated carbocycles. The van der Waals surface area contributed by atoms with Gasteiger partial charge in [0.1, 0.15) is 12.4 Å². The van der Waals surface area contributed by atoms with Gasteiger partial charge in [-0.15, -0.1) is 11.8 Å². The Balaban J connectivity index is 1.67. The summed E-state index contributed by atoms with van der Waals surface area (Å²) in [5, 5.41) is 0.479. The first-order chi connectivity index (χ1) is 10.1. The van der Waals surface area contributed by atoms with Crippen LogP contribution < -0.4 is 10.5 Å². The van der Waals surface area contributed by atoms with Crippen molar-refractivity contribution in [1.29, 1.82) is 0 Å². The average Bonchev–Trinajstić information content (AvgIpc) is 2.88. The predicted molar refractivity (Wildman–Crippen MR) is 92.0 cm³/mol. The SMILES string of the molecule is C[C@@H](N)c1cc(Br)ccc1OCC1Cc2ccccc2S1. The van der Waals surface area contributed by atoms with Crippen LogP contribution in [-0.4, -0.2) is 11.9 Å². The highest BCUT2D eigenvalue weighted by molar-refractivity contribution is 9.10. The Kier molecular flexibility index (Phi) is 4.57. The van der Waals surface area contributed by atoms with Gasteiger partial charge in [0.25, 0.3) is 0 Å². The third-order valence-corrected chi connectivity index (χ3v) is 5.38. The molecule has 4 heteroatoms. The Morgan fingerprint density at radius 3 is 2.90 bits per heavy atom. The molecular weight excluding hydrogens is 346 g/mol. The second kappa shape index (κ2) is 6.42. The summed E-state index contributed by atoms with van der Waals surface area (Å²) in [6.45, 7) is 2.69. The Labute approximate surface area is 138 Å². The van der Waals surface area contributed by atoms with Crippen LogP contribution in [0.1, 0.15) is 24.1 Å². The van der Waals surface area contributed by atoms with Crippen LogP contribution >= 0.6 is 27.7 Å². The molecule has 0 bridgehead atoms. The van der Waals surface area contributed by atoms with Gasteiger partial charge < -0.3 is 10.5 Å². The number of hydrogen-bond donors (Lipinski definition) is 1. The molecule has 2 N–H and O–H groups in total. The van der Waals surface area contributed by atoms with Crippen molar-refractivity contribution in [3.63, 3.8) is 0 Å². The number of nitrogens with two attached hydrogens (primary N) is 1. The molecule has 2 nitrogen and oxygen atoms in total. The van der Waals surface area contributed by atoms with Crippen molar-refractivity contribution in [2.24, 2.45) is 5.73 Å². The summed E-state index contributed by atoms with van der Waals surface area (Å²) in [6, 6.07) is 14.6. The molecule has 1 unspecified atom stereocenters. The zero-order valence-corrected chi connectivity index (χ0v) is 14.3. The van der Waals surface area contributed by atoms with Crippen LogP contribution in [0.3, 0.4) is 0 Å². The maximum atomic E-state index is 6.05. The monoisotopic (exact) mass is 363 g/mol. The van der Waals surface area contributed by atoms with E-state index >= 15 is 0 Å². The van der Waals surface area contributed by atoms with Gasteiger partial charge in [0, 0.05) is 26.2 Å². The molecule has 0 radical (unpaired) electrons. The van der Waals surface area contributed by atoms with E-state index in [-0.39, 0.29) is 6.04 Å². The van der Waals surface area contributed by atoms with Gasteiger partial charge in [-0.2, -0.15) is 0 Å². The van der Waals surface area contributed by atoms with E-state index in [2.05, 4.69) is 40.2 Å². The largest absolute Gasteiger partial charge is 0.492 e. The second-order valence-corrected chi connectivity index (χ2v) is 7.59. The van der Waals surface area contributed by atoms with E-state index in [0.717, 1.165) is 22.2 Å². The molecule has 0 aromatic heterocycles. The van der Waals surface area contributed by atoms with Gasteiger partial charge in [-0.1, -0.05) is 34.1 Å². The summed E-state index contributed by atoms with van der Waals surface area (Å²) in [4.78, 5) is 1.38. The molecule has 2 aromatic rings. The summed E-state index contributed by atoms with van der Waals surface area (Å²) in [5.74, 6) is 0.893. The van der Waals surface area contributed by atoms with E-state index in [4.69, 9.17) is 10.5 Å². The average molecular weight is 364 g/mol. The zero-order valence-electron chi connectivity index (χ0n) is 11.9. The summed E-state index contributed by atoms with van der Waals surface area (Å²) in [5.41, 5.74) is 8.51. The Hall–Kier alpha value is -0.970. The van der Waals surface area contributed by atoms with Crippen molar-refractivity contribution < 1.29 is 4.74 Å². The van der Waals surface area contributed by atoms with E-state index in [9.17, 15) is 0 Å². The molecule has 0 saturated heterocycles. The Morgan fingerprint density at radius 1 is 1.33 bits per heavy atom. The van der Waals surface area contributed by atoms with Crippen LogP contribution in [0.15, 0.2) is 51.8 Å². The minimum Gasteiger partial charge on any atom is -0.492 e. The smallest absolute Gasteiger partial charge is 0.124 e. The van der Waals surface area contributed by atoms with Gasteiger partial charge in [-0.25, -0.2) is 0 Å². The number of hydrogen-bond acceptors (Lipinski definition) is 3. The molecule has 21 heavy (non-hydrogen) atoms. The maximum Gasteiger partial charge on any atom is 0.124 e. The normalized spacial score (nSPS) is 18.3. The third-order valence-electron chi connectivity index (χ3n) is 3.60. The molecular formula is C17H18BrNOS. The van der Waals surface area contributed by atoms with E-state index < -0.39 is 0 Å². The number of thioether (sulfide) groups is 1. The van der Waals surface area contributed by atoms with Gasteiger partial charge in [0.2, 0.25) is 0 Å². The lowest BCUT2D eigenvalue weighted by atomic mass is 10.1. The number of ether oxygens (including phenoxy) is 1. The molecule has 3 rings (SSSR count). The van der Waals surface area contributed by atoms with E-state index in [0.29, 0.717) is 11.9 Å². The fraction of sp³-hybridized carbons (Fsp3) is 0.294. The van der Waals surface area contributed by atoms with Crippen molar-refractivity contribution in [2.45, 2.75) is 29.5 Å². The van der Waals surface area contributed by atoms with E-state index in [1.807, 2.05) is 36.9 Å². The molecule has 0 amide bonds. The fourth-order valence-corrected chi connectivity index (χ4v) is 4.13. The van der Waals surface area contributed by atoms with Crippen LogP contribution in [0.5, 0.6) is 5.75 Å². The summed E-state index contributed by atoms with van der Waals surface area (Å²) < 4.78 is 7.08. The standard InChI is InChI=1S/C17H18BrNOS/c1-11(19)15-9-13(18)6-7-16(15)20-10-14-8-12-4-2-3-5-17(12)21-14/h2-7,9,11,14H,8,10,19H2,1H3/t11-,14?/m1/s1. The molecule has 1 aliphatic heterocycles. The molecule has 2 atom stereocenters. The fourth-order valence-electron chi connectivity index (χ4n) is 2.54. The first-order valence-electron chi connectivity index (χ1n) is 7.06. The summed E-state index contributed by atoms with van der Waals surface area (Å²) in [7, 11) is 0. The second-order valence-electron chi connectivity index (χ2n) is 5.33. The van der Waals surface area contributed by atoms with Crippen LogP contribution in [0.4, 0.5) is 0 Å². The molecule has 1 heterocycles. The van der Waals surface area contributed by atoms with Crippen LogP contribution in [0.25, 0.3) is 0 Å². The first-order valence-corrected chi connectivity index (χ1v) is 8.73. The van der Waals surface area contributed by atoms with Gasteiger partial charge >= 0.3 is 0 Å². The number of rotatable bonds is 4. The van der Waals surface area contributed by atoms with Gasteiger partial charge in [-0.3, -0.25) is 0 Å². The predicted octanol–water partition coefficient (Wildman–Crippen LogP) is 4.56. The minimum atomic E-state index is -0.0362. The lowest BCUT2D eigenvalue weighted by Crippen LogP contribution is -2.15. The van der Waals surface area contributed by atoms with Crippen LogP contribution in [0, 0.1) is 0 Å². The molecule has 0 aliphatic carbocycles. The topological polar surface area (TPSA) is 35.2 Å². The lowest BCUT2D eigenvalue weighted by molar-refractivity contribution is 0.313. The van der Waals surface area contributed by atoms with Crippen molar-refractivity contribution in [2.75, 3.05) is 6.61 Å². The highest BCUT2D eigenvalue weighted by Crippen LogP contribution is 2.37. The molecule has 110 valence electrons. The Bertz CT molecular complexity index is 619. The summed E-state index contributed by atoms with van der Waals surface area (Å²) >= 11 is 5.39. The van der Waals surface area contributed by atoms with Gasteiger partial charge in [0.05, 0.1) is 0 Å². The van der Waals surface area contributed by atoms with E-state index in [1.54, 1.807) is 0 Å². The lowest BCUT2D eigenvalue weighted by Gasteiger charge is -2.16. The van der Waals surface area contributed by atoms with Crippen molar-refractivity contribution in [3.05, 3.63) is 58.1 Å². The maximum absolute atomic E-state index is 6.05. The summed E-state index contributed by atoms with van der Waals surface area (Å²) in [6.07, 6.45) is 1.07. The highest BCUT2D eigenvalue weighted by Gasteiger charge is 2.22. The van der Waals surface area contributed by atoms with Gasteiger partial charge in [-0.05, 0) is 43.2 Å². The van der Waals surface area contributed by atoms with Crippen LogP contribution in [0.2, 0.25) is 0 Å². The van der Waals surface area contributed by atoms with E-state index in [1.165, 1.54) is 10.5 Å². The number of fused-ring (bicyclic) bond motifs is 1. The Morgan fingerprint density at radius 2 is 2.14 bits per heavy atom.